The summed E-state index contributed by atoms with van der Waals surface area (Å²) in [4.78, 5) is 0. The van der Waals surface area contributed by atoms with Gasteiger partial charge >= 0.3 is 0 Å². The topological polar surface area (TPSA) is 41.5 Å². The van der Waals surface area contributed by atoms with Crippen LogP contribution in [0.5, 0.6) is 11.5 Å². The summed E-state index contributed by atoms with van der Waals surface area (Å²) in [6.07, 6.45) is 0. The molecule has 0 atom stereocenters. The zero-order chi connectivity index (χ0) is 12.8. The van der Waals surface area contributed by atoms with Crippen molar-refractivity contribution in [3.05, 3.63) is 59.7 Å². The van der Waals surface area contributed by atoms with Crippen molar-refractivity contribution in [3.63, 3.8) is 0 Å². The first kappa shape index (κ1) is 12.5. The van der Waals surface area contributed by atoms with Crippen molar-refractivity contribution >= 4 is 0 Å². The van der Waals surface area contributed by atoms with Crippen LogP contribution in [-0.4, -0.2) is 12.2 Å². The molecule has 0 aromatic heterocycles. The minimum atomic E-state index is 0.273. The Morgan fingerprint density at radius 3 is 2.17 bits per heavy atom. The molecule has 0 aliphatic rings. The molecule has 0 fully saturated rings. The third-order valence-electron chi connectivity index (χ3n) is 2.65. The molecule has 0 spiro atoms. The lowest BCUT2D eigenvalue weighted by Crippen LogP contribution is -2.04. The van der Waals surface area contributed by atoms with E-state index in [1.54, 1.807) is 12.1 Å². The van der Waals surface area contributed by atoms with Crippen molar-refractivity contribution in [1.82, 2.24) is 5.32 Å². The maximum Gasteiger partial charge on any atom is 0.119 e. The second-order valence-corrected chi connectivity index (χ2v) is 4.13. The Balaban J connectivity index is 1.91. The van der Waals surface area contributed by atoms with E-state index in [0.29, 0.717) is 6.61 Å². The molecule has 2 N–H and O–H groups in total. The van der Waals surface area contributed by atoms with Crippen LogP contribution >= 0.6 is 0 Å². The number of nitrogens with one attached hydrogen (secondary N) is 1. The van der Waals surface area contributed by atoms with Gasteiger partial charge in [-0.05, 0) is 42.4 Å². The first-order valence-electron chi connectivity index (χ1n) is 5.92. The molecule has 2 aromatic carbocycles. The van der Waals surface area contributed by atoms with Gasteiger partial charge in [-0.15, -0.1) is 0 Å². The molecule has 0 bridgehead atoms. The van der Waals surface area contributed by atoms with Gasteiger partial charge in [0.05, 0.1) is 0 Å². The third kappa shape index (κ3) is 3.50. The standard InChI is InChI=1S/C15H17NO2/c1-16-10-12-4-8-15(9-5-12)18-11-13-2-6-14(17)7-3-13/h2-9,16-17H,10-11H2,1H3. The Morgan fingerprint density at radius 2 is 1.56 bits per heavy atom. The zero-order valence-corrected chi connectivity index (χ0v) is 10.4. The molecule has 3 heteroatoms. The Bertz CT molecular complexity index is 477. The van der Waals surface area contributed by atoms with Gasteiger partial charge in [0.25, 0.3) is 0 Å². The van der Waals surface area contributed by atoms with Gasteiger partial charge < -0.3 is 15.2 Å². The van der Waals surface area contributed by atoms with Crippen LogP contribution in [0.15, 0.2) is 48.5 Å². The quantitative estimate of drug-likeness (QED) is 0.848. The number of phenolic OH excluding ortho intramolecular Hbond substituents is 1. The fourth-order valence-corrected chi connectivity index (χ4v) is 1.67. The molecule has 3 nitrogen and oxygen atoms in total. The fourth-order valence-electron chi connectivity index (χ4n) is 1.67. The molecular formula is C15H17NO2. The average molecular weight is 243 g/mol. The van der Waals surface area contributed by atoms with E-state index < -0.39 is 0 Å². The van der Waals surface area contributed by atoms with E-state index in [1.807, 2.05) is 43.4 Å². The lowest BCUT2D eigenvalue weighted by molar-refractivity contribution is 0.306. The molecule has 2 rings (SSSR count). The first-order chi connectivity index (χ1) is 8.78. The van der Waals surface area contributed by atoms with E-state index in [4.69, 9.17) is 4.74 Å². The number of ether oxygens (including phenoxy) is 1. The van der Waals surface area contributed by atoms with E-state index >= 15 is 0 Å². The monoisotopic (exact) mass is 243 g/mol. The fraction of sp³-hybridized carbons (Fsp3) is 0.200. The highest BCUT2D eigenvalue weighted by atomic mass is 16.5. The highest BCUT2D eigenvalue weighted by Crippen LogP contribution is 2.15. The Hall–Kier alpha value is -2.00. The van der Waals surface area contributed by atoms with Gasteiger partial charge in [-0.3, -0.25) is 0 Å². The van der Waals surface area contributed by atoms with Crippen molar-refractivity contribution in [3.8, 4) is 11.5 Å². The van der Waals surface area contributed by atoms with Crippen molar-refractivity contribution in [1.29, 1.82) is 0 Å². The molecule has 0 saturated heterocycles. The second kappa shape index (κ2) is 6.07. The molecule has 94 valence electrons. The Kier molecular flexibility index (Phi) is 4.20. The van der Waals surface area contributed by atoms with Crippen molar-refractivity contribution in [2.45, 2.75) is 13.2 Å². The van der Waals surface area contributed by atoms with Gasteiger partial charge in [-0.1, -0.05) is 24.3 Å². The number of rotatable bonds is 5. The van der Waals surface area contributed by atoms with Gasteiger partial charge in [0, 0.05) is 6.54 Å². The molecule has 0 aliphatic carbocycles. The maximum atomic E-state index is 9.18. The van der Waals surface area contributed by atoms with Crippen LogP contribution in [0.25, 0.3) is 0 Å². The van der Waals surface area contributed by atoms with Crippen LogP contribution in [0.2, 0.25) is 0 Å². The predicted octanol–water partition coefficient (Wildman–Crippen LogP) is 2.69. The Labute approximate surface area is 107 Å². The van der Waals surface area contributed by atoms with E-state index in [-0.39, 0.29) is 5.75 Å². The molecule has 0 aliphatic heterocycles. The van der Waals surface area contributed by atoms with Crippen LogP contribution < -0.4 is 10.1 Å². The first-order valence-corrected chi connectivity index (χ1v) is 5.92. The van der Waals surface area contributed by atoms with Crippen LogP contribution in [0.1, 0.15) is 11.1 Å². The van der Waals surface area contributed by atoms with Crippen molar-refractivity contribution in [2.75, 3.05) is 7.05 Å². The predicted molar refractivity (Wildman–Crippen MR) is 71.6 cm³/mol. The average Bonchev–Trinajstić information content (AvgIpc) is 2.40. The lowest BCUT2D eigenvalue weighted by atomic mass is 10.2. The summed E-state index contributed by atoms with van der Waals surface area (Å²) in [5.41, 5.74) is 2.27. The second-order valence-electron chi connectivity index (χ2n) is 4.13. The van der Waals surface area contributed by atoms with Gasteiger partial charge in [0.1, 0.15) is 18.1 Å². The summed E-state index contributed by atoms with van der Waals surface area (Å²) in [7, 11) is 1.93. The number of hydrogen-bond donors (Lipinski definition) is 2. The minimum absolute atomic E-state index is 0.273. The summed E-state index contributed by atoms with van der Waals surface area (Å²) >= 11 is 0. The number of benzene rings is 2. The van der Waals surface area contributed by atoms with E-state index in [2.05, 4.69) is 5.32 Å². The summed E-state index contributed by atoms with van der Waals surface area (Å²) < 4.78 is 5.66. The van der Waals surface area contributed by atoms with Gasteiger partial charge in [-0.25, -0.2) is 0 Å². The highest BCUT2D eigenvalue weighted by Gasteiger charge is 1.97. The highest BCUT2D eigenvalue weighted by molar-refractivity contribution is 5.29. The molecule has 0 unspecified atom stereocenters. The normalized spacial score (nSPS) is 10.3. The summed E-state index contributed by atoms with van der Waals surface area (Å²) in [6.45, 7) is 1.36. The van der Waals surface area contributed by atoms with Gasteiger partial charge in [0.15, 0.2) is 0 Å². The number of aromatic hydroxyl groups is 1. The zero-order valence-electron chi connectivity index (χ0n) is 10.4. The van der Waals surface area contributed by atoms with Crippen molar-refractivity contribution < 1.29 is 9.84 Å². The summed E-state index contributed by atoms with van der Waals surface area (Å²) in [5, 5.41) is 12.3. The van der Waals surface area contributed by atoms with Crippen LogP contribution in [0, 0.1) is 0 Å². The summed E-state index contributed by atoms with van der Waals surface area (Å²) in [6, 6.07) is 15.0. The minimum Gasteiger partial charge on any atom is -0.508 e. The molecule has 0 amide bonds. The maximum absolute atomic E-state index is 9.18. The lowest BCUT2D eigenvalue weighted by Gasteiger charge is -2.07. The third-order valence-corrected chi connectivity index (χ3v) is 2.65. The van der Waals surface area contributed by atoms with Crippen molar-refractivity contribution in [2.24, 2.45) is 0 Å². The van der Waals surface area contributed by atoms with E-state index in [9.17, 15) is 5.11 Å². The molecule has 0 radical (unpaired) electrons. The Morgan fingerprint density at radius 1 is 0.944 bits per heavy atom. The smallest absolute Gasteiger partial charge is 0.119 e. The SMILES string of the molecule is CNCc1ccc(OCc2ccc(O)cc2)cc1. The molecular weight excluding hydrogens is 226 g/mol. The van der Waals surface area contributed by atoms with Crippen LogP contribution in [-0.2, 0) is 13.2 Å². The number of hydrogen-bond acceptors (Lipinski definition) is 3. The van der Waals surface area contributed by atoms with Gasteiger partial charge in [0.2, 0.25) is 0 Å². The van der Waals surface area contributed by atoms with E-state index in [0.717, 1.165) is 17.9 Å². The molecule has 0 saturated carbocycles. The van der Waals surface area contributed by atoms with Crippen LogP contribution in [0.3, 0.4) is 0 Å². The van der Waals surface area contributed by atoms with Gasteiger partial charge in [-0.2, -0.15) is 0 Å². The largest absolute Gasteiger partial charge is 0.508 e. The van der Waals surface area contributed by atoms with Crippen LogP contribution in [0.4, 0.5) is 0 Å². The molecule has 2 aromatic rings. The summed E-state index contributed by atoms with van der Waals surface area (Å²) in [5.74, 6) is 1.12. The molecule has 0 heterocycles. The molecule has 18 heavy (non-hydrogen) atoms. The van der Waals surface area contributed by atoms with E-state index in [1.165, 1.54) is 5.56 Å². The number of phenols is 1.